The molecule has 1 aliphatic heterocycles. The van der Waals surface area contributed by atoms with Crippen molar-refractivity contribution in [2.75, 3.05) is 28.4 Å². The molecule has 0 fully saturated rings. The lowest BCUT2D eigenvalue weighted by atomic mass is 9.60. The molecular weight excluding hydrogens is 615 g/mol. The molecule has 9 heteroatoms. The molecule has 0 aromatic heterocycles. The zero-order chi connectivity index (χ0) is 33.1. The van der Waals surface area contributed by atoms with Gasteiger partial charge in [-0.15, -0.1) is 0 Å². The molecule has 4 aromatic carbocycles. The quantitative estimate of drug-likeness (QED) is 0.208. The van der Waals surface area contributed by atoms with Crippen LogP contribution in [0.1, 0.15) is 65.5 Å². The van der Waals surface area contributed by atoms with Gasteiger partial charge in [0, 0.05) is 28.5 Å². The van der Waals surface area contributed by atoms with Crippen molar-refractivity contribution < 1.29 is 37.5 Å². The third kappa shape index (κ3) is 5.09. The number of fused-ring (bicyclic) bond motifs is 7. The Bertz CT molecular complexity index is 1860. The van der Waals surface area contributed by atoms with E-state index in [-0.39, 0.29) is 0 Å². The molecule has 1 N–H and O–H groups in total. The molecule has 0 saturated carbocycles. The van der Waals surface area contributed by atoms with Gasteiger partial charge in [0.05, 0.1) is 39.6 Å². The van der Waals surface area contributed by atoms with Crippen LogP contribution in [-0.2, 0) is 28.4 Å². The van der Waals surface area contributed by atoms with Crippen molar-refractivity contribution in [3.05, 3.63) is 100 Å². The number of rotatable bonds is 6. The molecule has 4 aromatic rings. The van der Waals surface area contributed by atoms with Crippen molar-refractivity contribution >= 4 is 7.82 Å². The molecule has 3 aliphatic rings. The summed E-state index contributed by atoms with van der Waals surface area (Å²) in [5, 5.41) is 0. The third-order valence-electron chi connectivity index (χ3n) is 10.4. The van der Waals surface area contributed by atoms with Crippen LogP contribution in [-0.4, -0.2) is 38.9 Å². The summed E-state index contributed by atoms with van der Waals surface area (Å²) in [6, 6.07) is 21.7. The van der Waals surface area contributed by atoms with Gasteiger partial charge in [0.2, 0.25) is 0 Å². The fraction of sp³-hybridized carbons (Fsp3) is 0.368. The van der Waals surface area contributed by atoms with Crippen molar-refractivity contribution in [3.8, 4) is 39.9 Å². The van der Waals surface area contributed by atoms with Gasteiger partial charge >= 0.3 is 7.82 Å². The van der Waals surface area contributed by atoms with E-state index >= 15 is 0 Å². The Labute approximate surface area is 276 Å². The van der Waals surface area contributed by atoms with Crippen LogP contribution in [0.15, 0.2) is 66.7 Å². The van der Waals surface area contributed by atoms with Crippen LogP contribution in [0.25, 0.3) is 11.1 Å². The Morgan fingerprint density at radius 1 is 0.809 bits per heavy atom. The molecule has 0 saturated heterocycles. The predicted octanol–water partition coefficient (Wildman–Crippen LogP) is 8.25. The van der Waals surface area contributed by atoms with E-state index in [2.05, 4.69) is 25.1 Å². The lowest BCUT2D eigenvalue weighted by Crippen LogP contribution is -2.46. The largest absolute Gasteiger partial charge is 0.528 e. The van der Waals surface area contributed by atoms with E-state index in [0.29, 0.717) is 52.2 Å². The zero-order valence-corrected chi connectivity index (χ0v) is 28.6. The number of methoxy groups -OCH3 is 4. The maximum atomic E-state index is 14.4. The van der Waals surface area contributed by atoms with Crippen molar-refractivity contribution in [2.45, 2.75) is 57.0 Å². The molecule has 246 valence electrons. The monoisotopic (exact) mass is 656 g/mol. The Balaban J connectivity index is 1.62. The summed E-state index contributed by atoms with van der Waals surface area (Å²) in [6.45, 7) is 4.21. The van der Waals surface area contributed by atoms with E-state index in [1.165, 1.54) is 5.56 Å². The molecule has 1 heterocycles. The average Bonchev–Trinajstić information content (AvgIpc) is 3.17. The fourth-order valence-electron chi connectivity index (χ4n) is 8.32. The molecule has 4 unspecified atom stereocenters. The summed E-state index contributed by atoms with van der Waals surface area (Å²) < 4.78 is 50.8. The number of hydrogen-bond acceptors (Lipinski definition) is 7. The summed E-state index contributed by atoms with van der Waals surface area (Å²) in [5.74, 6) is 2.26. The van der Waals surface area contributed by atoms with Crippen LogP contribution in [0.4, 0.5) is 0 Å². The lowest BCUT2D eigenvalue weighted by Gasteiger charge is -2.48. The van der Waals surface area contributed by atoms with E-state index < -0.39 is 25.3 Å². The highest BCUT2D eigenvalue weighted by Gasteiger charge is 2.58. The normalized spacial score (nSPS) is 26.0. The molecule has 8 nitrogen and oxygen atoms in total. The van der Waals surface area contributed by atoms with Crippen LogP contribution in [0.3, 0.4) is 0 Å². The van der Waals surface area contributed by atoms with Gasteiger partial charge in [-0.05, 0) is 91.1 Å². The SMILES string of the molecule is COc1cccc(OC)c1-c1cc2c(c3c1OP(=O)(O)OC1(C)C(c4c(OC)cccc4OC)Cc4ccccc4[C@H]31)CCC(C)C2. The minimum atomic E-state index is -4.74. The van der Waals surface area contributed by atoms with Gasteiger partial charge in [0.1, 0.15) is 28.7 Å². The van der Waals surface area contributed by atoms with Gasteiger partial charge in [0.25, 0.3) is 0 Å². The minimum absolute atomic E-state index is 0.322. The smallest absolute Gasteiger partial charge is 0.496 e. The number of hydrogen-bond donors (Lipinski definition) is 1. The van der Waals surface area contributed by atoms with E-state index in [0.717, 1.165) is 47.1 Å². The van der Waals surface area contributed by atoms with Gasteiger partial charge in [-0.1, -0.05) is 43.3 Å². The Kier molecular flexibility index (Phi) is 8.02. The van der Waals surface area contributed by atoms with Crippen LogP contribution in [0.5, 0.6) is 28.7 Å². The minimum Gasteiger partial charge on any atom is -0.496 e. The number of benzene rings is 4. The maximum Gasteiger partial charge on any atom is 0.528 e. The first-order chi connectivity index (χ1) is 22.6. The molecule has 2 aliphatic carbocycles. The highest BCUT2D eigenvalue weighted by molar-refractivity contribution is 7.47. The Hall–Kier alpha value is -3.97. The molecular formula is C38H41O8P. The average molecular weight is 657 g/mol. The van der Waals surface area contributed by atoms with Crippen LogP contribution in [0.2, 0.25) is 0 Å². The molecule has 7 rings (SSSR count). The Morgan fingerprint density at radius 3 is 2.06 bits per heavy atom. The maximum absolute atomic E-state index is 14.4. The number of phosphoric ester groups is 1. The van der Waals surface area contributed by atoms with Gasteiger partial charge < -0.3 is 23.5 Å². The summed E-state index contributed by atoms with van der Waals surface area (Å²) in [7, 11) is 1.73. The van der Waals surface area contributed by atoms with E-state index in [1.54, 1.807) is 28.4 Å². The van der Waals surface area contributed by atoms with Crippen LogP contribution < -0.4 is 23.5 Å². The van der Waals surface area contributed by atoms with E-state index in [1.807, 2.05) is 55.5 Å². The number of ether oxygens (including phenoxy) is 4. The second kappa shape index (κ2) is 11.9. The van der Waals surface area contributed by atoms with E-state index in [4.69, 9.17) is 28.0 Å². The van der Waals surface area contributed by atoms with Gasteiger partial charge in [-0.3, -0.25) is 9.42 Å². The number of phosphoric acid groups is 1. The van der Waals surface area contributed by atoms with Crippen molar-refractivity contribution in [3.63, 3.8) is 0 Å². The van der Waals surface area contributed by atoms with Crippen LogP contribution >= 0.6 is 7.82 Å². The molecule has 0 amide bonds. The summed E-state index contributed by atoms with van der Waals surface area (Å²) in [4.78, 5) is 11.7. The fourth-order valence-corrected chi connectivity index (χ4v) is 9.52. The summed E-state index contributed by atoms with van der Waals surface area (Å²) >= 11 is 0. The molecule has 47 heavy (non-hydrogen) atoms. The highest BCUT2D eigenvalue weighted by Crippen LogP contribution is 2.67. The summed E-state index contributed by atoms with van der Waals surface area (Å²) in [6.07, 6.45) is 3.19. The predicted molar refractivity (Wildman–Crippen MR) is 180 cm³/mol. The molecule has 0 spiro atoms. The van der Waals surface area contributed by atoms with Crippen molar-refractivity contribution in [1.29, 1.82) is 0 Å². The van der Waals surface area contributed by atoms with Gasteiger partial charge in [0.15, 0.2) is 0 Å². The lowest BCUT2D eigenvalue weighted by molar-refractivity contribution is 0.0131. The topological polar surface area (TPSA) is 92.7 Å². The van der Waals surface area contributed by atoms with Crippen LogP contribution in [0, 0.1) is 5.92 Å². The van der Waals surface area contributed by atoms with Crippen molar-refractivity contribution in [2.24, 2.45) is 5.92 Å². The first-order valence-corrected chi connectivity index (χ1v) is 17.5. The van der Waals surface area contributed by atoms with Gasteiger partial charge in [-0.2, -0.15) is 0 Å². The Morgan fingerprint density at radius 2 is 1.43 bits per heavy atom. The first-order valence-electron chi connectivity index (χ1n) is 16.1. The summed E-state index contributed by atoms with van der Waals surface area (Å²) in [5.41, 5.74) is 6.17. The molecule has 5 atom stereocenters. The molecule has 0 bridgehead atoms. The van der Waals surface area contributed by atoms with Crippen molar-refractivity contribution in [1.82, 2.24) is 0 Å². The second-order valence-corrected chi connectivity index (χ2v) is 14.3. The standard InChI is InChI=1S/C38H41O8P/c1-22-17-18-25-24(19-22)20-27(33-29(41-3)13-9-14-30(33)42-4)37-34(25)36-26-12-8-7-11-23(26)21-28(38(36,2)46-47(39,40)45-37)35-31(43-5)15-10-16-32(35)44-6/h7-16,20,22,28,36H,17-19,21H2,1-6H3,(H,39,40)/t22?,28?,36-,38?/m1/s1. The zero-order valence-electron chi connectivity index (χ0n) is 27.7. The second-order valence-electron chi connectivity index (χ2n) is 13.0. The van der Waals surface area contributed by atoms with Gasteiger partial charge in [-0.25, -0.2) is 4.57 Å². The van der Waals surface area contributed by atoms with E-state index in [9.17, 15) is 9.46 Å². The highest BCUT2D eigenvalue weighted by atomic mass is 31.2. The first kappa shape index (κ1) is 31.6. The molecule has 0 radical (unpaired) electrons. The third-order valence-corrected chi connectivity index (χ3v) is 11.4.